The van der Waals surface area contributed by atoms with Crippen molar-refractivity contribution < 1.29 is 17.6 Å². The normalized spacial score (nSPS) is 11.6. The number of aromatic nitrogens is 2. The maximum absolute atomic E-state index is 12.4. The molecule has 0 aliphatic rings. The van der Waals surface area contributed by atoms with Crippen molar-refractivity contribution in [1.82, 2.24) is 10.2 Å². The number of thiophene rings is 1. The van der Waals surface area contributed by atoms with Gasteiger partial charge in [0.05, 0.1) is 10.4 Å². The third-order valence-electron chi connectivity index (χ3n) is 2.62. The third-order valence-corrected chi connectivity index (χ3v) is 3.48. The molecule has 0 aliphatic heterocycles. The Morgan fingerprint density at radius 3 is 2.43 bits per heavy atom. The summed E-state index contributed by atoms with van der Waals surface area (Å²) in [5, 5.41) is 12.3. The second-order valence-corrected chi connectivity index (χ2v) is 5.04. The van der Waals surface area contributed by atoms with Crippen molar-refractivity contribution in [3.8, 4) is 10.8 Å². The van der Waals surface area contributed by atoms with Crippen molar-refractivity contribution in [3.63, 3.8) is 0 Å². The molecule has 0 amide bonds. The van der Waals surface area contributed by atoms with Crippen LogP contribution in [0.4, 0.5) is 24.9 Å². The molecule has 0 saturated heterocycles. The quantitative estimate of drug-likeness (QED) is 0.770. The number of halogens is 3. The highest BCUT2D eigenvalue weighted by Crippen LogP contribution is 2.30. The van der Waals surface area contributed by atoms with Crippen LogP contribution in [0.25, 0.3) is 10.8 Å². The molecule has 0 saturated carbocycles. The summed E-state index contributed by atoms with van der Waals surface area (Å²) in [4.78, 5) is 0.822. The molecule has 0 aliphatic carbocycles. The Bertz CT molecular complexity index is 720. The average Bonchev–Trinajstić information content (AvgIpc) is 3.08. The van der Waals surface area contributed by atoms with E-state index in [1.807, 2.05) is 17.5 Å². The van der Waals surface area contributed by atoms with Gasteiger partial charge in [-0.2, -0.15) is 13.2 Å². The van der Waals surface area contributed by atoms with Crippen LogP contribution in [-0.4, -0.2) is 10.2 Å². The second-order valence-electron chi connectivity index (χ2n) is 4.09. The van der Waals surface area contributed by atoms with E-state index in [1.54, 1.807) is 0 Å². The number of nitrogens with one attached hydrogen (secondary N) is 1. The largest absolute Gasteiger partial charge is 0.416 e. The van der Waals surface area contributed by atoms with Gasteiger partial charge in [0.1, 0.15) is 0 Å². The molecular weight excluding hydrogens is 303 g/mol. The summed E-state index contributed by atoms with van der Waals surface area (Å²) in [5.74, 6) is 0.361. The summed E-state index contributed by atoms with van der Waals surface area (Å²) >= 11 is 1.45. The van der Waals surface area contributed by atoms with Gasteiger partial charge >= 0.3 is 12.2 Å². The summed E-state index contributed by atoms with van der Waals surface area (Å²) < 4.78 is 42.7. The molecule has 0 fully saturated rings. The summed E-state index contributed by atoms with van der Waals surface area (Å²) in [6.07, 6.45) is -4.35. The molecule has 0 unspecified atom stereocenters. The predicted molar refractivity (Wildman–Crippen MR) is 72.3 cm³/mol. The zero-order valence-corrected chi connectivity index (χ0v) is 11.2. The Balaban J connectivity index is 1.75. The van der Waals surface area contributed by atoms with E-state index in [1.165, 1.54) is 23.5 Å². The summed E-state index contributed by atoms with van der Waals surface area (Å²) in [6.45, 7) is 0. The molecule has 4 nitrogen and oxygen atoms in total. The highest BCUT2D eigenvalue weighted by Gasteiger charge is 2.29. The molecule has 8 heteroatoms. The Hall–Kier alpha value is -2.35. The monoisotopic (exact) mass is 311 g/mol. The van der Waals surface area contributed by atoms with E-state index in [0.717, 1.165) is 17.0 Å². The lowest BCUT2D eigenvalue weighted by atomic mass is 10.2. The Kier molecular flexibility index (Phi) is 3.38. The summed E-state index contributed by atoms with van der Waals surface area (Å²) in [5.41, 5.74) is -0.276. The molecule has 0 bridgehead atoms. The SMILES string of the molecule is FC(F)(F)c1ccc(Nc2nnc(-c3cccs3)o2)cc1. The van der Waals surface area contributed by atoms with Crippen molar-refractivity contribution in [2.75, 3.05) is 5.32 Å². The van der Waals surface area contributed by atoms with Crippen molar-refractivity contribution in [3.05, 3.63) is 47.3 Å². The number of rotatable bonds is 3. The maximum atomic E-state index is 12.4. The number of nitrogens with zero attached hydrogens (tertiary/aromatic N) is 2. The van der Waals surface area contributed by atoms with E-state index >= 15 is 0 Å². The van der Waals surface area contributed by atoms with Gasteiger partial charge in [-0.25, -0.2) is 0 Å². The first kappa shape index (κ1) is 13.6. The predicted octanol–water partition coefficient (Wildman–Crippen LogP) is 4.56. The van der Waals surface area contributed by atoms with Crippen LogP contribution in [0.2, 0.25) is 0 Å². The van der Waals surface area contributed by atoms with Gasteiger partial charge in [0.2, 0.25) is 0 Å². The molecule has 2 heterocycles. The minimum atomic E-state index is -4.35. The van der Waals surface area contributed by atoms with Crippen molar-refractivity contribution >= 4 is 23.0 Å². The molecule has 2 aromatic heterocycles. The third kappa shape index (κ3) is 3.05. The van der Waals surface area contributed by atoms with Gasteiger partial charge in [-0.3, -0.25) is 0 Å². The van der Waals surface area contributed by atoms with E-state index in [-0.39, 0.29) is 6.01 Å². The lowest BCUT2D eigenvalue weighted by Gasteiger charge is -2.07. The number of benzene rings is 1. The first-order valence-corrected chi connectivity index (χ1v) is 6.72. The highest BCUT2D eigenvalue weighted by molar-refractivity contribution is 7.13. The second kappa shape index (κ2) is 5.21. The van der Waals surface area contributed by atoms with E-state index < -0.39 is 11.7 Å². The van der Waals surface area contributed by atoms with Crippen LogP contribution in [0.1, 0.15) is 5.56 Å². The van der Waals surface area contributed by atoms with Crippen LogP contribution in [-0.2, 0) is 6.18 Å². The molecule has 0 spiro atoms. The first-order valence-electron chi connectivity index (χ1n) is 5.84. The number of alkyl halides is 3. The smallest absolute Gasteiger partial charge is 0.402 e. The molecule has 0 atom stereocenters. The number of hydrogen-bond donors (Lipinski definition) is 1. The lowest BCUT2D eigenvalue weighted by Crippen LogP contribution is -2.04. The zero-order chi connectivity index (χ0) is 14.9. The minimum Gasteiger partial charge on any atom is -0.402 e. The first-order chi connectivity index (χ1) is 10.0. The van der Waals surface area contributed by atoms with E-state index in [9.17, 15) is 13.2 Å². The van der Waals surface area contributed by atoms with E-state index in [4.69, 9.17) is 4.42 Å². The van der Waals surface area contributed by atoms with Gasteiger partial charge in [-0.15, -0.1) is 16.4 Å². The molecule has 21 heavy (non-hydrogen) atoms. The molecule has 0 radical (unpaired) electrons. The van der Waals surface area contributed by atoms with E-state index in [0.29, 0.717) is 11.6 Å². The van der Waals surface area contributed by atoms with Gasteiger partial charge in [-0.05, 0) is 35.7 Å². The van der Waals surface area contributed by atoms with Gasteiger partial charge in [-0.1, -0.05) is 11.2 Å². The van der Waals surface area contributed by atoms with Gasteiger partial charge in [0.15, 0.2) is 0 Å². The van der Waals surface area contributed by atoms with Crippen LogP contribution < -0.4 is 5.32 Å². The maximum Gasteiger partial charge on any atom is 0.416 e. The fraction of sp³-hybridized carbons (Fsp3) is 0.0769. The van der Waals surface area contributed by atoms with E-state index in [2.05, 4.69) is 15.5 Å². The number of hydrogen-bond acceptors (Lipinski definition) is 5. The van der Waals surface area contributed by atoms with Gasteiger partial charge in [0, 0.05) is 5.69 Å². The van der Waals surface area contributed by atoms with Crippen LogP contribution in [0.5, 0.6) is 0 Å². The standard InChI is InChI=1S/C13H8F3N3OS/c14-13(15,16)8-3-5-9(6-4-8)17-12-19-18-11(20-12)10-2-1-7-21-10/h1-7H,(H,17,19). The Morgan fingerprint density at radius 1 is 1.05 bits per heavy atom. The Morgan fingerprint density at radius 2 is 1.81 bits per heavy atom. The van der Waals surface area contributed by atoms with Crippen LogP contribution >= 0.6 is 11.3 Å². The Labute approximate surface area is 121 Å². The molecule has 3 rings (SSSR count). The van der Waals surface area contributed by atoms with Crippen molar-refractivity contribution in [2.45, 2.75) is 6.18 Å². The molecule has 1 N–H and O–H groups in total. The number of anilines is 2. The summed E-state index contributed by atoms with van der Waals surface area (Å²) in [7, 11) is 0. The van der Waals surface area contributed by atoms with Crippen LogP contribution in [0.3, 0.4) is 0 Å². The highest BCUT2D eigenvalue weighted by atomic mass is 32.1. The minimum absolute atomic E-state index is 0.123. The van der Waals surface area contributed by atoms with Crippen LogP contribution in [0.15, 0.2) is 46.2 Å². The molecule has 1 aromatic carbocycles. The van der Waals surface area contributed by atoms with Gasteiger partial charge in [0.25, 0.3) is 5.89 Å². The fourth-order valence-corrected chi connectivity index (χ4v) is 2.28. The topological polar surface area (TPSA) is 51.0 Å². The fourth-order valence-electron chi connectivity index (χ4n) is 1.64. The molecular formula is C13H8F3N3OS. The van der Waals surface area contributed by atoms with Gasteiger partial charge < -0.3 is 9.73 Å². The van der Waals surface area contributed by atoms with Crippen molar-refractivity contribution in [2.24, 2.45) is 0 Å². The van der Waals surface area contributed by atoms with Crippen molar-refractivity contribution in [1.29, 1.82) is 0 Å². The average molecular weight is 311 g/mol. The zero-order valence-electron chi connectivity index (χ0n) is 10.4. The van der Waals surface area contributed by atoms with Crippen LogP contribution in [0, 0.1) is 0 Å². The molecule has 3 aromatic rings. The summed E-state index contributed by atoms with van der Waals surface area (Å²) in [6, 6.07) is 8.39. The molecule has 108 valence electrons. The lowest BCUT2D eigenvalue weighted by molar-refractivity contribution is -0.137.